The van der Waals surface area contributed by atoms with Crippen molar-refractivity contribution in [1.29, 1.82) is 0 Å². The maximum atomic E-state index is 12.0. The number of fused-ring (bicyclic) bond motifs is 1. The van der Waals surface area contributed by atoms with Crippen molar-refractivity contribution in [3.63, 3.8) is 0 Å². The number of aliphatic hydroxyl groups is 2. The molecule has 2 saturated heterocycles. The first-order valence-corrected chi connectivity index (χ1v) is 6.24. The molecule has 4 rings (SSSR count). The number of esters is 1. The molecule has 0 aromatic heterocycles. The second-order valence-electron chi connectivity index (χ2n) is 5.95. The summed E-state index contributed by atoms with van der Waals surface area (Å²) in [6.45, 7) is 1.54. The number of carbonyl (C=O) groups excluding carboxylic acids is 1. The van der Waals surface area contributed by atoms with E-state index in [1.54, 1.807) is 6.92 Å². The van der Waals surface area contributed by atoms with Crippen LogP contribution in [0.25, 0.3) is 0 Å². The van der Waals surface area contributed by atoms with Crippen molar-refractivity contribution in [2.24, 2.45) is 16.6 Å². The number of ether oxygens (including phenoxy) is 2. The van der Waals surface area contributed by atoms with Gasteiger partial charge < -0.3 is 30.7 Å². The van der Waals surface area contributed by atoms with Crippen LogP contribution < -0.4 is 11.1 Å². The predicted octanol–water partition coefficient (Wildman–Crippen LogP) is -2.57. The van der Waals surface area contributed by atoms with E-state index in [2.05, 4.69) is 10.3 Å². The van der Waals surface area contributed by atoms with E-state index in [0.29, 0.717) is 6.42 Å². The number of rotatable bonds is 0. The maximum Gasteiger partial charge on any atom is 0.338 e. The first kappa shape index (κ1) is 11.4. The number of nitrogens with one attached hydrogen (secondary N) is 1. The van der Waals surface area contributed by atoms with Crippen molar-refractivity contribution < 1.29 is 24.5 Å². The van der Waals surface area contributed by atoms with Gasteiger partial charge in [-0.2, -0.15) is 0 Å². The molecule has 1 aliphatic carbocycles. The number of nitrogens with two attached hydrogens (primary N) is 1. The summed E-state index contributed by atoms with van der Waals surface area (Å²) in [5, 5.41) is 23.9. The average Bonchev–Trinajstić information content (AvgIpc) is 2.53. The van der Waals surface area contributed by atoms with Gasteiger partial charge in [-0.15, -0.1) is 0 Å². The van der Waals surface area contributed by atoms with Gasteiger partial charge in [-0.25, -0.2) is 9.79 Å². The van der Waals surface area contributed by atoms with Crippen LogP contribution in [0, 0.1) is 5.92 Å². The third kappa shape index (κ3) is 1.11. The van der Waals surface area contributed by atoms with Crippen LogP contribution in [0.5, 0.6) is 0 Å². The Labute approximate surface area is 108 Å². The molecular formula is C11H15N3O5. The first-order chi connectivity index (χ1) is 8.86. The van der Waals surface area contributed by atoms with Crippen LogP contribution in [-0.2, 0) is 14.3 Å². The molecule has 8 heteroatoms. The molecule has 3 bridgehead atoms. The fourth-order valence-electron chi connectivity index (χ4n) is 3.95. The minimum absolute atomic E-state index is 0.137. The largest absolute Gasteiger partial charge is 0.454 e. The van der Waals surface area contributed by atoms with Crippen LogP contribution in [0.3, 0.4) is 0 Å². The summed E-state index contributed by atoms with van der Waals surface area (Å²) in [6, 6.07) is 0. The van der Waals surface area contributed by atoms with Gasteiger partial charge >= 0.3 is 5.97 Å². The Hall–Kier alpha value is -1.38. The molecule has 3 heterocycles. The van der Waals surface area contributed by atoms with Gasteiger partial charge in [0.2, 0.25) is 0 Å². The summed E-state index contributed by atoms with van der Waals surface area (Å²) in [6.07, 6.45) is -3.36. The summed E-state index contributed by atoms with van der Waals surface area (Å²) in [4.78, 5) is 16.1. The number of aliphatic imine (C=N–C) groups is 1. The lowest BCUT2D eigenvalue weighted by molar-refractivity contribution is -0.238. The van der Waals surface area contributed by atoms with E-state index in [-0.39, 0.29) is 11.9 Å². The van der Waals surface area contributed by atoms with E-state index in [9.17, 15) is 15.0 Å². The molecule has 3 aliphatic heterocycles. The first-order valence-electron chi connectivity index (χ1n) is 6.24. The molecule has 3 fully saturated rings. The van der Waals surface area contributed by atoms with Crippen LogP contribution in [0.15, 0.2) is 4.99 Å². The van der Waals surface area contributed by atoms with Gasteiger partial charge in [-0.1, -0.05) is 0 Å². The Kier molecular flexibility index (Phi) is 1.82. The van der Waals surface area contributed by atoms with E-state index in [0.717, 1.165) is 0 Å². The van der Waals surface area contributed by atoms with Crippen LogP contribution >= 0.6 is 0 Å². The Bertz CT molecular complexity index is 507. The number of hydrogen-bond acceptors (Lipinski definition) is 8. The van der Waals surface area contributed by atoms with Crippen LogP contribution in [-0.4, -0.2) is 57.8 Å². The van der Waals surface area contributed by atoms with Crippen LogP contribution in [0.2, 0.25) is 0 Å². The number of carbonyl (C=O) groups is 1. The summed E-state index contributed by atoms with van der Waals surface area (Å²) in [5.74, 6) is -0.781. The lowest BCUT2D eigenvalue weighted by Gasteiger charge is -2.56. The molecule has 4 aliphatic rings. The van der Waals surface area contributed by atoms with Crippen molar-refractivity contribution in [1.82, 2.24) is 5.32 Å². The standard InChI is InChI=1S/C11H15N3O5/c1-10(17)2-3-7-13-9(12)14-11(3)4(15)5(10)19-8(16)6(11)18-7/h3-7,15,17H,2H2,1H3,(H3,12,13,14)/t3-,4+,5+,6-,7+,10+,11-/m1/s1. The molecule has 19 heavy (non-hydrogen) atoms. The van der Waals surface area contributed by atoms with Gasteiger partial charge in [0, 0.05) is 5.92 Å². The molecule has 0 radical (unpaired) electrons. The van der Waals surface area contributed by atoms with Crippen molar-refractivity contribution in [2.45, 2.75) is 49.0 Å². The van der Waals surface area contributed by atoms with Crippen molar-refractivity contribution in [2.75, 3.05) is 0 Å². The number of nitrogens with zero attached hydrogens (tertiary/aromatic N) is 1. The lowest BCUT2D eigenvalue weighted by Crippen LogP contribution is -2.80. The second-order valence-corrected chi connectivity index (χ2v) is 5.95. The Morgan fingerprint density at radius 1 is 1.58 bits per heavy atom. The minimum Gasteiger partial charge on any atom is -0.454 e. The van der Waals surface area contributed by atoms with E-state index in [1.807, 2.05) is 0 Å². The second kappa shape index (κ2) is 3.02. The zero-order chi connectivity index (χ0) is 13.6. The van der Waals surface area contributed by atoms with Gasteiger partial charge in [-0.3, -0.25) is 0 Å². The highest BCUT2D eigenvalue weighted by Gasteiger charge is 2.75. The summed E-state index contributed by atoms with van der Waals surface area (Å²) < 4.78 is 10.7. The molecule has 1 spiro atoms. The van der Waals surface area contributed by atoms with E-state index >= 15 is 0 Å². The van der Waals surface area contributed by atoms with Gasteiger partial charge in [-0.05, 0) is 13.3 Å². The quantitative estimate of drug-likeness (QED) is 0.356. The highest BCUT2D eigenvalue weighted by atomic mass is 16.6. The minimum atomic E-state index is -1.32. The topological polar surface area (TPSA) is 126 Å². The third-order valence-corrected chi connectivity index (χ3v) is 4.76. The molecular weight excluding hydrogens is 254 g/mol. The zero-order valence-electron chi connectivity index (χ0n) is 10.2. The summed E-state index contributed by atoms with van der Waals surface area (Å²) in [7, 11) is 0. The number of guanidine groups is 1. The molecule has 104 valence electrons. The van der Waals surface area contributed by atoms with Gasteiger partial charge in [0.25, 0.3) is 0 Å². The highest BCUT2D eigenvalue weighted by molar-refractivity contribution is 5.86. The van der Waals surface area contributed by atoms with Gasteiger partial charge in [0.15, 0.2) is 24.4 Å². The molecule has 0 amide bonds. The van der Waals surface area contributed by atoms with Crippen molar-refractivity contribution >= 4 is 11.9 Å². The monoisotopic (exact) mass is 269 g/mol. The van der Waals surface area contributed by atoms with E-state index in [1.165, 1.54) is 0 Å². The molecule has 0 aromatic carbocycles. The van der Waals surface area contributed by atoms with Crippen molar-refractivity contribution in [3.05, 3.63) is 0 Å². The number of hydrogen-bond donors (Lipinski definition) is 4. The Balaban J connectivity index is 1.92. The zero-order valence-corrected chi connectivity index (χ0v) is 10.2. The Morgan fingerprint density at radius 3 is 3.05 bits per heavy atom. The van der Waals surface area contributed by atoms with Gasteiger partial charge in [0.05, 0.1) is 0 Å². The van der Waals surface area contributed by atoms with Crippen LogP contribution in [0.1, 0.15) is 13.3 Å². The average molecular weight is 269 g/mol. The third-order valence-electron chi connectivity index (χ3n) is 4.76. The predicted molar refractivity (Wildman–Crippen MR) is 60.8 cm³/mol. The molecule has 7 atom stereocenters. The fraction of sp³-hybridized carbons (Fsp3) is 0.818. The summed E-state index contributed by atoms with van der Waals surface area (Å²) >= 11 is 0. The maximum absolute atomic E-state index is 12.0. The van der Waals surface area contributed by atoms with Gasteiger partial charge in [0.1, 0.15) is 17.2 Å². The smallest absolute Gasteiger partial charge is 0.338 e. The summed E-state index contributed by atoms with van der Waals surface area (Å²) in [5.41, 5.74) is 3.34. The molecule has 0 unspecified atom stereocenters. The van der Waals surface area contributed by atoms with E-state index in [4.69, 9.17) is 15.2 Å². The molecule has 0 aromatic rings. The van der Waals surface area contributed by atoms with Crippen LogP contribution in [0.4, 0.5) is 0 Å². The molecule has 8 nitrogen and oxygen atoms in total. The Morgan fingerprint density at radius 2 is 2.32 bits per heavy atom. The SMILES string of the molecule is C[C@]1(O)C[C@@H]2[C@H]3N=C(N)N[C@]24[C@H](O3)C(=O)O[C@H]1[C@@H]4O. The number of aliphatic hydroxyl groups excluding tert-OH is 1. The van der Waals surface area contributed by atoms with Crippen molar-refractivity contribution in [3.8, 4) is 0 Å². The highest BCUT2D eigenvalue weighted by Crippen LogP contribution is 2.54. The molecule has 1 saturated carbocycles. The van der Waals surface area contributed by atoms with E-state index < -0.39 is 41.6 Å². The normalized spacial score (nSPS) is 58.2. The fourth-order valence-corrected chi connectivity index (χ4v) is 3.95. The lowest BCUT2D eigenvalue weighted by atomic mass is 9.61. The molecule has 5 N–H and O–H groups in total.